The minimum atomic E-state index is -0.169. The molecule has 2 aliphatic rings. The summed E-state index contributed by atoms with van der Waals surface area (Å²) in [6.45, 7) is 1.74. The molecule has 2 rings (SSSR count). The van der Waals surface area contributed by atoms with Gasteiger partial charge in [-0.3, -0.25) is 4.79 Å². The zero-order valence-corrected chi connectivity index (χ0v) is 11.1. The molecule has 3 atom stereocenters. The second kappa shape index (κ2) is 7.10. The maximum Gasteiger partial charge on any atom is 0.220 e. The van der Waals surface area contributed by atoms with E-state index >= 15 is 0 Å². The SMILES string of the molecule is NC(=O)[C@H](CCCC1CCCO1)CC1CCCO1. The van der Waals surface area contributed by atoms with E-state index in [1.54, 1.807) is 0 Å². The number of carbonyl (C=O) groups excluding carboxylic acids is 1. The molecule has 0 saturated carbocycles. The predicted octanol–water partition coefficient (Wildman–Crippen LogP) is 2.01. The van der Waals surface area contributed by atoms with Gasteiger partial charge in [-0.1, -0.05) is 6.42 Å². The topological polar surface area (TPSA) is 61.6 Å². The molecule has 4 heteroatoms. The number of nitrogens with two attached hydrogens (primary N) is 1. The molecule has 1 amide bonds. The number of amides is 1. The minimum Gasteiger partial charge on any atom is -0.378 e. The summed E-state index contributed by atoms with van der Waals surface area (Å²) in [6.07, 6.45) is 9.01. The van der Waals surface area contributed by atoms with Crippen molar-refractivity contribution < 1.29 is 14.3 Å². The van der Waals surface area contributed by atoms with Crippen LogP contribution >= 0.6 is 0 Å². The molecule has 18 heavy (non-hydrogen) atoms. The highest BCUT2D eigenvalue weighted by Crippen LogP contribution is 2.25. The second-order valence-corrected chi connectivity index (χ2v) is 5.54. The zero-order chi connectivity index (χ0) is 12.8. The molecule has 2 heterocycles. The maximum atomic E-state index is 11.4. The summed E-state index contributed by atoms with van der Waals surface area (Å²) in [4.78, 5) is 11.4. The standard InChI is InChI=1S/C14H25NO3/c15-14(16)11(10-13-7-3-9-18-13)4-1-5-12-6-2-8-17-12/h11-13H,1-10H2,(H2,15,16)/t11-,12?,13?/m1/s1. The Labute approximate surface area is 109 Å². The van der Waals surface area contributed by atoms with Gasteiger partial charge in [0.2, 0.25) is 5.91 Å². The molecule has 0 aromatic heterocycles. The number of ether oxygens (including phenoxy) is 2. The van der Waals surface area contributed by atoms with E-state index in [0.717, 1.165) is 51.7 Å². The summed E-state index contributed by atoms with van der Waals surface area (Å²) in [5.74, 6) is -0.188. The average Bonchev–Trinajstić information content (AvgIpc) is 2.99. The molecule has 2 aliphatic heterocycles. The van der Waals surface area contributed by atoms with Gasteiger partial charge in [-0.15, -0.1) is 0 Å². The number of hydrogen-bond donors (Lipinski definition) is 1. The first-order chi connectivity index (χ1) is 8.75. The summed E-state index contributed by atoms with van der Waals surface area (Å²) in [7, 11) is 0. The molecular formula is C14H25NO3. The van der Waals surface area contributed by atoms with Crippen molar-refractivity contribution in [1.82, 2.24) is 0 Å². The summed E-state index contributed by atoms with van der Waals surface area (Å²) in [6, 6.07) is 0. The maximum absolute atomic E-state index is 11.4. The lowest BCUT2D eigenvalue weighted by molar-refractivity contribution is -0.123. The van der Waals surface area contributed by atoms with Crippen molar-refractivity contribution in [1.29, 1.82) is 0 Å². The molecule has 104 valence electrons. The molecule has 0 aliphatic carbocycles. The van der Waals surface area contributed by atoms with Crippen LogP contribution in [0.4, 0.5) is 0 Å². The van der Waals surface area contributed by atoms with Crippen molar-refractivity contribution in [3.8, 4) is 0 Å². The van der Waals surface area contributed by atoms with Crippen molar-refractivity contribution in [3.63, 3.8) is 0 Å². The highest BCUT2D eigenvalue weighted by molar-refractivity contribution is 5.76. The fourth-order valence-electron chi connectivity index (χ4n) is 2.99. The smallest absolute Gasteiger partial charge is 0.220 e. The van der Waals surface area contributed by atoms with Gasteiger partial charge in [-0.2, -0.15) is 0 Å². The predicted molar refractivity (Wildman–Crippen MR) is 69.1 cm³/mol. The third-order valence-electron chi connectivity index (χ3n) is 4.08. The molecule has 0 radical (unpaired) electrons. The lowest BCUT2D eigenvalue weighted by atomic mass is 9.93. The van der Waals surface area contributed by atoms with Gasteiger partial charge in [0.15, 0.2) is 0 Å². The van der Waals surface area contributed by atoms with Crippen LogP contribution in [0.25, 0.3) is 0 Å². The van der Waals surface area contributed by atoms with Crippen LogP contribution in [-0.2, 0) is 14.3 Å². The van der Waals surface area contributed by atoms with Crippen LogP contribution in [0.15, 0.2) is 0 Å². The van der Waals surface area contributed by atoms with Crippen LogP contribution < -0.4 is 5.73 Å². The number of carbonyl (C=O) groups is 1. The minimum absolute atomic E-state index is 0.0190. The molecular weight excluding hydrogens is 230 g/mol. The Kier molecular flexibility index (Phi) is 5.45. The van der Waals surface area contributed by atoms with Gasteiger partial charge in [0.1, 0.15) is 0 Å². The third-order valence-corrected chi connectivity index (χ3v) is 4.08. The molecule has 2 N–H and O–H groups in total. The van der Waals surface area contributed by atoms with E-state index < -0.39 is 0 Å². The highest BCUT2D eigenvalue weighted by Gasteiger charge is 2.24. The number of hydrogen-bond acceptors (Lipinski definition) is 3. The largest absolute Gasteiger partial charge is 0.378 e. The van der Waals surface area contributed by atoms with Crippen LogP contribution in [0.3, 0.4) is 0 Å². The van der Waals surface area contributed by atoms with Gasteiger partial charge in [0, 0.05) is 19.1 Å². The van der Waals surface area contributed by atoms with Gasteiger partial charge in [0.05, 0.1) is 12.2 Å². The van der Waals surface area contributed by atoms with Crippen LogP contribution in [-0.4, -0.2) is 31.3 Å². The first-order valence-corrected chi connectivity index (χ1v) is 7.28. The zero-order valence-electron chi connectivity index (χ0n) is 11.1. The molecule has 0 aromatic carbocycles. The first-order valence-electron chi connectivity index (χ1n) is 7.28. The molecule has 2 unspecified atom stereocenters. The number of rotatable bonds is 7. The van der Waals surface area contributed by atoms with Gasteiger partial charge in [-0.25, -0.2) is 0 Å². The summed E-state index contributed by atoms with van der Waals surface area (Å²) < 4.78 is 11.2. The summed E-state index contributed by atoms with van der Waals surface area (Å²) >= 11 is 0. The fraction of sp³-hybridized carbons (Fsp3) is 0.929. The monoisotopic (exact) mass is 255 g/mol. The molecule has 0 spiro atoms. The average molecular weight is 255 g/mol. The van der Waals surface area contributed by atoms with E-state index in [9.17, 15) is 4.79 Å². The van der Waals surface area contributed by atoms with Crippen molar-refractivity contribution in [2.75, 3.05) is 13.2 Å². The van der Waals surface area contributed by atoms with E-state index in [0.29, 0.717) is 6.10 Å². The Bertz CT molecular complexity index is 258. The number of primary amides is 1. The van der Waals surface area contributed by atoms with Crippen LogP contribution in [0.1, 0.15) is 51.4 Å². The van der Waals surface area contributed by atoms with Crippen molar-refractivity contribution in [3.05, 3.63) is 0 Å². The van der Waals surface area contributed by atoms with E-state index in [4.69, 9.17) is 15.2 Å². The van der Waals surface area contributed by atoms with Gasteiger partial charge in [0.25, 0.3) is 0 Å². The van der Waals surface area contributed by atoms with Gasteiger partial charge < -0.3 is 15.2 Å². The Morgan fingerprint density at radius 1 is 1.17 bits per heavy atom. The Morgan fingerprint density at radius 3 is 2.39 bits per heavy atom. The molecule has 4 nitrogen and oxygen atoms in total. The van der Waals surface area contributed by atoms with Crippen molar-refractivity contribution in [2.24, 2.45) is 11.7 Å². The van der Waals surface area contributed by atoms with E-state index in [1.165, 1.54) is 12.8 Å². The van der Waals surface area contributed by atoms with Crippen LogP contribution in [0.5, 0.6) is 0 Å². The lowest BCUT2D eigenvalue weighted by Gasteiger charge is -2.18. The first kappa shape index (κ1) is 13.8. The third kappa shape index (κ3) is 4.25. The van der Waals surface area contributed by atoms with E-state index in [2.05, 4.69) is 0 Å². The lowest BCUT2D eigenvalue weighted by Crippen LogP contribution is -2.27. The van der Waals surface area contributed by atoms with E-state index in [1.807, 2.05) is 0 Å². The fourth-order valence-corrected chi connectivity index (χ4v) is 2.99. The Hall–Kier alpha value is -0.610. The van der Waals surface area contributed by atoms with Gasteiger partial charge >= 0.3 is 0 Å². The molecule has 2 fully saturated rings. The van der Waals surface area contributed by atoms with Crippen molar-refractivity contribution in [2.45, 2.75) is 63.6 Å². The van der Waals surface area contributed by atoms with Crippen LogP contribution in [0, 0.1) is 5.92 Å². The highest BCUT2D eigenvalue weighted by atomic mass is 16.5. The molecule has 2 saturated heterocycles. The summed E-state index contributed by atoms with van der Waals surface area (Å²) in [5, 5.41) is 0. The van der Waals surface area contributed by atoms with Crippen molar-refractivity contribution >= 4 is 5.91 Å². The van der Waals surface area contributed by atoms with E-state index in [-0.39, 0.29) is 17.9 Å². The quantitative estimate of drug-likeness (QED) is 0.757. The summed E-state index contributed by atoms with van der Waals surface area (Å²) in [5.41, 5.74) is 5.48. The Morgan fingerprint density at radius 2 is 1.83 bits per heavy atom. The molecule has 0 bridgehead atoms. The Balaban J connectivity index is 1.66. The van der Waals surface area contributed by atoms with Gasteiger partial charge in [-0.05, 0) is 44.9 Å². The molecule has 0 aromatic rings. The normalized spacial score (nSPS) is 29.6. The second-order valence-electron chi connectivity index (χ2n) is 5.54. The van der Waals surface area contributed by atoms with Crippen LogP contribution in [0.2, 0.25) is 0 Å².